The molecule has 0 amide bonds. The molecule has 0 saturated heterocycles. The van der Waals surface area contributed by atoms with E-state index in [9.17, 15) is 0 Å². The van der Waals surface area contributed by atoms with E-state index < -0.39 is 0 Å². The Labute approximate surface area is 386 Å². The summed E-state index contributed by atoms with van der Waals surface area (Å²) in [4.78, 5) is 0. The van der Waals surface area contributed by atoms with Gasteiger partial charge in [-0.25, -0.2) is 0 Å². The van der Waals surface area contributed by atoms with Crippen LogP contribution in [0.2, 0.25) is 0 Å². The first-order valence-electron chi connectivity index (χ1n) is 22.9. The Bertz CT molecular complexity index is 3430. The lowest BCUT2D eigenvalue weighted by atomic mass is 9.83. The topological polar surface area (TPSA) is 0 Å². The smallest absolute Gasteiger partial charge is 0.00201 e. The maximum absolute atomic E-state index is 2.31. The molecule has 0 aliphatic rings. The van der Waals surface area contributed by atoms with Crippen LogP contribution in [-0.2, 0) is 0 Å². The molecule has 0 radical (unpaired) electrons. The van der Waals surface area contributed by atoms with Gasteiger partial charge in [0.15, 0.2) is 0 Å². The standard InChI is InChI=1S/C66H44/c1-3-25-47(26-4-1)63-55-35-15-19-39-59(55)65(60-40-20-16-36-56(60)63)53-33-13-11-31-51(53)49-29-9-7-23-45(49)43-44-46-24-8-10-30-50(46)52-32-12-14-34-54(52)66-61-41-21-17-37-57(61)64(48-27-5-2-6-28-48)58-38-18-22-42-62(58)66/h1-44H. The summed E-state index contributed by atoms with van der Waals surface area (Å²) < 4.78 is 0. The van der Waals surface area contributed by atoms with Gasteiger partial charge in [-0.1, -0.05) is 267 Å². The van der Waals surface area contributed by atoms with Crippen molar-refractivity contribution in [3.63, 3.8) is 0 Å². The third-order valence-electron chi connectivity index (χ3n) is 13.3. The molecule has 0 aromatic heterocycles. The molecule has 0 aliphatic carbocycles. The minimum atomic E-state index is 1.16. The van der Waals surface area contributed by atoms with Gasteiger partial charge in [0.05, 0.1) is 0 Å². The maximum Gasteiger partial charge on any atom is -0.00201 e. The van der Waals surface area contributed by atoms with Gasteiger partial charge in [-0.3, -0.25) is 0 Å². The summed E-state index contributed by atoms with van der Waals surface area (Å²) in [7, 11) is 0. The van der Waals surface area contributed by atoms with Gasteiger partial charge in [0.2, 0.25) is 0 Å². The summed E-state index contributed by atoms with van der Waals surface area (Å²) in [6.07, 6.45) is 4.61. The number of fused-ring (bicyclic) bond motifs is 4. The Balaban J connectivity index is 1.00. The highest BCUT2D eigenvalue weighted by Gasteiger charge is 2.21. The van der Waals surface area contributed by atoms with Crippen molar-refractivity contribution < 1.29 is 0 Å². The first-order valence-corrected chi connectivity index (χ1v) is 22.9. The highest BCUT2D eigenvalue weighted by Crippen LogP contribution is 2.48. The lowest BCUT2D eigenvalue weighted by molar-refractivity contribution is 1.57. The lowest BCUT2D eigenvalue weighted by Crippen LogP contribution is -1.94. The van der Waals surface area contributed by atoms with E-state index in [0.717, 1.165) is 11.1 Å². The minimum Gasteiger partial charge on any atom is -0.0622 e. The van der Waals surface area contributed by atoms with Crippen LogP contribution in [0.1, 0.15) is 11.1 Å². The molecule has 12 rings (SSSR count). The number of hydrogen-bond donors (Lipinski definition) is 0. The Morgan fingerprint density at radius 3 is 0.712 bits per heavy atom. The second kappa shape index (κ2) is 16.8. The van der Waals surface area contributed by atoms with Crippen molar-refractivity contribution in [3.8, 4) is 66.8 Å². The van der Waals surface area contributed by atoms with E-state index in [1.54, 1.807) is 0 Å². The molecule has 0 atom stereocenters. The van der Waals surface area contributed by atoms with Gasteiger partial charge in [0.1, 0.15) is 0 Å². The summed E-state index contributed by atoms with van der Waals surface area (Å²) in [5.74, 6) is 0. The molecular formula is C66H44. The van der Waals surface area contributed by atoms with Crippen molar-refractivity contribution in [2.45, 2.75) is 0 Å². The Morgan fingerprint density at radius 2 is 0.394 bits per heavy atom. The van der Waals surface area contributed by atoms with Gasteiger partial charge in [0.25, 0.3) is 0 Å². The summed E-state index contributed by atoms with van der Waals surface area (Å²) in [6.45, 7) is 0. The van der Waals surface area contributed by atoms with Crippen molar-refractivity contribution in [3.05, 3.63) is 266 Å². The zero-order valence-electron chi connectivity index (χ0n) is 36.4. The molecule has 0 spiro atoms. The molecule has 0 heterocycles. The maximum atomic E-state index is 2.31. The number of rotatable bonds is 8. The first-order chi connectivity index (χ1) is 32.8. The largest absolute Gasteiger partial charge is 0.0622 e. The van der Waals surface area contributed by atoms with Crippen LogP contribution in [-0.4, -0.2) is 0 Å². The highest BCUT2D eigenvalue weighted by atomic mass is 14.2. The second-order valence-electron chi connectivity index (χ2n) is 17.0. The van der Waals surface area contributed by atoms with Gasteiger partial charge in [-0.15, -0.1) is 0 Å². The molecule has 12 aromatic carbocycles. The van der Waals surface area contributed by atoms with Crippen molar-refractivity contribution in [1.29, 1.82) is 0 Å². The molecule has 0 aliphatic heterocycles. The van der Waals surface area contributed by atoms with Crippen LogP contribution in [0.15, 0.2) is 255 Å². The summed E-state index contributed by atoms with van der Waals surface area (Å²) in [5, 5.41) is 10.0. The third kappa shape index (κ3) is 6.71. The first kappa shape index (κ1) is 39.0. The molecule has 0 nitrogen and oxygen atoms in total. The van der Waals surface area contributed by atoms with E-state index in [1.807, 2.05) is 0 Å². The molecule has 12 aromatic rings. The normalized spacial score (nSPS) is 11.6. The van der Waals surface area contributed by atoms with Crippen LogP contribution in [0.3, 0.4) is 0 Å². The zero-order chi connectivity index (χ0) is 43.8. The average Bonchev–Trinajstić information content (AvgIpc) is 3.39. The zero-order valence-corrected chi connectivity index (χ0v) is 36.4. The van der Waals surface area contributed by atoms with Gasteiger partial charge >= 0.3 is 0 Å². The number of benzene rings is 12. The SMILES string of the molecule is C(=Cc1ccccc1-c1ccccc1-c1c2ccccc2c(-c2ccccc2)c2ccccc12)c1ccccc1-c1ccccc1-c1c2ccccc2c(-c2ccccc2)c2ccccc12. The van der Waals surface area contributed by atoms with E-state index in [2.05, 4.69) is 267 Å². The van der Waals surface area contributed by atoms with Crippen LogP contribution in [0.4, 0.5) is 0 Å². The molecule has 308 valence electrons. The van der Waals surface area contributed by atoms with Crippen LogP contribution in [0, 0.1) is 0 Å². The quantitative estimate of drug-likeness (QED) is 0.106. The van der Waals surface area contributed by atoms with E-state index in [1.165, 1.54) is 110 Å². The van der Waals surface area contributed by atoms with Crippen molar-refractivity contribution >= 4 is 55.2 Å². The van der Waals surface area contributed by atoms with Gasteiger partial charge in [-0.2, -0.15) is 0 Å². The van der Waals surface area contributed by atoms with Gasteiger partial charge in [-0.05, 0) is 121 Å². The summed E-state index contributed by atoms with van der Waals surface area (Å²) >= 11 is 0. The van der Waals surface area contributed by atoms with E-state index in [0.29, 0.717) is 0 Å². The Kier molecular flexibility index (Phi) is 9.97. The van der Waals surface area contributed by atoms with Gasteiger partial charge in [0, 0.05) is 0 Å². The fourth-order valence-electron chi connectivity index (χ4n) is 10.5. The summed E-state index contributed by atoms with van der Waals surface area (Å²) in [5.41, 5.74) is 17.1. The number of hydrogen-bond acceptors (Lipinski definition) is 0. The van der Waals surface area contributed by atoms with Crippen LogP contribution >= 0.6 is 0 Å². The molecule has 66 heavy (non-hydrogen) atoms. The Hall–Kier alpha value is -8.58. The molecule has 0 saturated carbocycles. The van der Waals surface area contributed by atoms with E-state index >= 15 is 0 Å². The average molecular weight is 837 g/mol. The molecule has 0 fully saturated rings. The fraction of sp³-hybridized carbons (Fsp3) is 0. The predicted molar refractivity (Wildman–Crippen MR) is 284 cm³/mol. The third-order valence-corrected chi connectivity index (χ3v) is 13.3. The predicted octanol–water partition coefficient (Wildman–Crippen LogP) is 18.5. The van der Waals surface area contributed by atoms with Crippen LogP contribution in [0.25, 0.3) is 122 Å². The lowest BCUT2D eigenvalue weighted by Gasteiger charge is -2.20. The molecule has 0 unspecified atom stereocenters. The van der Waals surface area contributed by atoms with Gasteiger partial charge < -0.3 is 0 Å². The van der Waals surface area contributed by atoms with Crippen molar-refractivity contribution in [1.82, 2.24) is 0 Å². The molecule has 0 N–H and O–H groups in total. The monoisotopic (exact) mass is 836 g/mol. The Morgan fingerprint density at radius 1 is 0.167 bits per heavy atom. The van der Waals surface area contributed by atoms with E-state index in [-0.39, 0.29) is 0 Å². The minimum absolute atomic E-state index is 1.16. The fourth-order valence-corrected chi connectivity index (χ4v) is 10.5. The van der Waals surface area contributed by atoms with Crippen molar-refractivity contribution in [2.75, 3.05) is 0 Å². The summed E-state index contributed by atoms with van der Waals surface area (Å²) in [6, 6.07) is 93.0. The highest BCUT2D eigenvalue weighted by molar-refractivity contribution is 6.24. The molecule has 0 bridgehead atoms. The molecular weight excluding hydrogens is 793 g/mol. The van der Waals surface area contributed by atoms with E-state index in [4.69, 9.17) is 0 Å². The van der Waals surface area contributed by atoms with Crippen LogP contribution < -0.4 is 0 Å². The second-order valence-corrected chi connectivity index (χ2v) is 17.0. The van der Waals surface area contributed by atoms with Crippen molar-refractivity contribution in [2.24, 2.45) is 0 Å². The molecule has 0 heteroatoms. The van der Waals surface area contributed by atoms with Crippen LogP contribution in [0.5, 0.6) is 0 Å².